The largest absolute Gasteiger partial charge is 0.491 e. The summed E-state index contributed by atoms with van der Waals surface area (Å²) in [6.45, 7) is 0.368. The molecule has 6 heteroatoms. The molecule has 1 aliphatic rings. The van der Waals surface area contributed by atoms with Gasteiger partial charge in [0.2, 0.25) is 0 Å². The van der Waals surface area contributed by atoms with Crippen molar-refractivity contribution < 1.29 is 14.5 Å². The zero-order valence-corrected chi connectivity index (χ0v) is 12.2. The SMILES string of the molecule is O=C(Nc1cccc2ncccc12)c1ccc2c(c1)B(O)OC2. The van der Waals surface area contributed by atoms with Crippen molar-refractivity contribution in [2.75, 3.05) is 5.32 Å². The second-order valence-electron chi connectivity index (χ2n) is 5.41. The van der Waals surface area contributed by atoms with Gasteiger partial charge in [-0.3, -0.25) is 9.78 Å². The molecule has 1 aliphatic heterocycles. The quantitative estimate of drug-likeness (QED) is 0.707. The second-order valence-corrected chi connectivity index (χ2v) is 5.41. The molecule has 3 aromatic rings. The summed E-state index contributed by atoms with van der Waals surface area (Å²) in [4.78, 5) is 16.8. The van der Waals surface area contributed by atoms with E-state index in [1.165, 1.54) is 0 Å². The van der Waals surface area contributed by atoms with Gasteiger partial charge in [-0.1, -0.05) is 12.1 Å². The molecule has 112 valence electrons. The molecule has 0 aliphatic carbocycles. The molecule has 0 bridgehead atoms. The van der Waals surface area contributed by atoms with Crippen LogP contribution in [0.4, 0.5) is 5.69 Å². The third kappa shape index (κ3) is 2.48. The van der Waals surface area contributed by atoms with E-state index < -0.39 is 7.12 Å². The van der Waals surface area contributed by atoms with Crippen molar-refractivity contribution in [1.29, 1.82) is 0 Å². The van der Waals surface area contributed by atoms with Crippen LogP contribution in [0.2, 0.25) is 0 Å². The van der Waals surface area contributed by atoms with Crippen molar-refractivity contribution in [2.45, 2.75) is 6.61 Å². The van der Waals surface area contributed by atoms with Crippen LogP contribution in [0, 0.1) is 0 Å². The van der Waals surface area contributed by atoms with Crippen LogP contribution in [-0.4, -0.2) is 23.0 Å². The minimum Gasteiger partial charge on any atom is -0.423 e. The van der Waals surface area contributed by atoms with E-state index in [2.05, 4.69) is 10.3 Å². The minimum atomic E-state index is -0.959. The molecule has 4 rings (SSSR count). The highest BCUT2D eigenvalue weighted by Gasteiger charge is 2.28. The van der Waals surface area contributed by atoms with Gasteiger partial charge in [0.05, 0.1) is 17.8 Å². The van der Waals surface area contributed by atoms with E-state index in [1.807, 2.05) is 36.4 Å². The van der Waals surface area contributed by atoms with Gasteiger partial charge in [-0.25, -0.2) is 0 Å². The van der Waals surface area contributed by atoms with Crippen LogP contribution in [0.1, 0.15) is 15.9 Å². The Morgan fingerprint density at radius 1 is 1.22 bits per heavy atom. The first-order chi connectivity index (χ1) is 11.2. The molecule has 0 radical (unpaired) electrons. The number of aromatic nitrogens is 1. The number of carbonyl (C=O) groups excluding carboxylic acids is 1. The molecule has 2 aromatic carbocycles. The summed E-state index contributed by atoms with van der Waals surface area (Å²) in [6, 6.07) is 14.6. The molecule has 0 fully saturated rings. The predicted octanol–water partition coefficient (Wildman–Crippen LogP) is 1.70. The van der Waals surface area contributed by atoms with Crippen LogP contribution in [0.25, 0.3) is 10.9 Å². The van der Waals surface area contributed by atoms with E-state index in [0.717, 1.165) is 16.5 Å². The van der Waals surface area contributed by atoms with Crippen molar-refractivity contribution in [3.8, 4) is 0 Å². The lowest BCUT2D eigenvalue weighted by Gasteiger charge is -2.09. The van der Waals surface area contributed by atoms with Gasteiger partial charge < -0.3 is 15.0 Å². The van der Waals surface area contributed by atoms with Crippen molar-refractivity contribution in [2.24, 2.45) is 0 Å². The Bertz CT molecular complexity index is 908. The number of benzene rings is 2. The lowest BCUT2D eigenvalue weighted by Crippen LogP contribution is -2.29. The first-order valence-electron chi connectivity index (χ1n) is 7.30. The number of pyridine rings is 1. The minimum absolute atomic E-state index is 0.233. The maximum atomic E-state index is 12.5. The molecule has 2 N–H and O–H groups in total. The van der Waals surface area contributed by atoms with Crippen LogP contribution in [0.3, 0.4) is 0 Å². The summed E-state index contributed by atoms with van der Waals surface area (Å²) in [6.07, 6.45) is 1.72. The van der Waals surface area contributed by atoms with Gasteiger partial charge in [-0.15, -0.1) is 0 Å². The van der Waals surface area contributed by atoms with E-state index >= 15 is 0 Å². The molecule has 0 spiro atoms. The number of fused-ring (bicyclic) bond motifs is 2. The highest BCUT2D eigenvalue weighted by Crippen LogP contribution is 2.22. The van der Waals surface area contributed by atoms with E-state index in [1.54, 1.807) is 18.3 Å². The fourth-order valence-electron chi connectivity index (χ4n) is 2.76. The third-order valence-electron chi connectivity index (χ3n) is 3.96. The Morgan fingerprint density at radius 3 is 3.04 bits per heavy atom. The van der Waals surface area contributed by atoms with E-state index in [0.29, 0.717) is 23.3 Å². The van der Waals surface area contributed by atoms with E-state index in [-0.39, 0.29) is 5.91 Å². The first kappa shape index (κ1) is 13.9. The van der Waals surface area contributed by atoms with Gasteiger partial charge in [0, 0.05) is 17.1 Å². The third-order valence-corrected chi connectivity index (χ3v) is 3.96. The van der Waals surface area contributed by atoms with Gasteiger partial charge in [-0.05, 0) is 47.4 Å². The smallest absolute Gasteiger partial charge is 0.423 e. The summed E-state index contributed by atoms with van der Waals surface area (Å²) in [5, 5.41) is 13.5. The fraction of sp³-hybridized carbons (Fsp3) is 0.0588. The summed E-state index contributed by atoms with van der Waals surface area (Å²) in [5.74, 6) is -0.233. The van der Waals surface area contributed by atoms with E-state index in [4.69, 9.17) is 4.65 Å². The van der Waals surface area contributed by atoms with Gasteiger partial charge in [0.25, 0.3) is 5.91 Å². The Balaban J connectivity index is 1.66. The molecule has 0 unspecified atom stereocenters. The monoisotopic (exact) mass is 304 g/mol. The normalized spacial score (nSPS) is 13.2. The Kier molecular flexibility index (Phi) is 3.33. The van der Waals surface area contributed by atoms with E-state index in [9.17, 15) is 9.82 Å². The zero-order chi connectivity index (χ0) is 15.8. The predicted molar refractivity (Wildman–Crippen MR) is 88.5 cm³/mol. The first-order valence-corrected chi connectivity index (χ1v) is 7.30. The maximum absolute atomic E-state index is 12.5. The van der Waals surface area contributed by atoms with Crippen molar-refractivity contribution in [3.63, 3.8) is 0 Å². The molecule has 0 atom stereocenters. The van der Waals surface area contributed by atoms with Gasteiger partial charge in [0.15, 0.2) is 0 Å². The number of amides is 1. The zero-order valence-electron chi connectivity index (χ0n) is 12.2. The molecule has 1 aromatic heterocycles. The average molecular weight is 304 g/mol. The fourth-order valence-corrected chi connectivity index (χ4v) is 2.76. The number of rotatable bonds is 2. The number of nitrogens with one attached hydrogen (secondary N) is 1. The maximum Gasteiger partial charge on any atom is 0.491 e. The van der Waals surface area contributed by atoms with Crippen LogP contribution >= 0.6 is 0 Å². The Morgan fingerprint density at radius 2 is 2.13 bits per heavy atom. The average Bonchev–Trinajstić information content (AvgIpc) is 2.96. The molecule has 2 heterocycles. The molecular weight excluding hydrogens is 291 g/mol. The number of hydrogen-bond donors (Lipinski definition) is 2. The number of nitrogens with zero attached hydrogens (tertiary/aromatic N) is 1. The number of carbonyl (C=O) groups is 1. The standard InChI is InChI=1S/C17H13BN2O3/c21-17(11-6-7-12-10-23-18(22)14(12)9-11)20-16-5-1-4-15-13(16)3-2-8-19-15/h1-9,22H,10H2,(H,20,21). The van der Waals surface area contributed by atoms with Gasteiger partial charge >= 0.3 is 7.12 Å². The Hall–Kier alpha value is -2.70. The molecule has 0 saturated heterocycles. The molecule has 0 saturated carbocycles. The summed E-state index contributed by atoms with van der Waals surface area (Å²) < 4.78 is 5.15. The van der Waals surface area contributed by atoms with Crippen LogP contribution < -0.4 is 10.8 Å². The topological polar surface area (TPSA) is 71.5 Å². The molecule has 1 amide bonds. The van der Waals surface area contributed by atoms with Gasteiger partial charge in [0.1, 0.15) is 0 Å². The van der Waals surface area contributed by atoms with Crippen molar-refractivity contribution in [3.05, 3.63) is 65.9 Å². The molecule has 5 nitrogen and oxygen atoms in total. The van der Waals surface area contributed by atoms with Gasteiger partial charge in [-0.2, -0.15) is 0 Å². The Labute approximate surface area is 133 Å². The number of anilines is 1. The summed E-state index contributed by atoms with van der Waals surface area (Å²) >= 11 is 0. The van der Waals surface area contributed by atoms with Crippen molar-refractivity contribution >= 4 is 35.1 Å². The van der Waals surface area contributed by atoms with Crippen LogP contribution in [0.15, 0.2) is 54.7 Å². The van der Waals surface area contributed by atoms with Crippen molar-refractivity contribution in [1.82, 2.24) is 4.98 Å². The molecular formula is C17H13BN2O3. The summed E-state index contributed by atoms with van der Waals surface area (Å²) in [5.41, 5.74) is 3.57. The molecule has 23 heavy (non-hydrogen) atoms. The number of hydrogen-bond acceptors (Lipinski definition) is 4. The lowest BCUT2D eigenvalue weighted by molar-refractivity contribution is 0.102. The van der Waals surface area contributed by atoms with Crippen LogP contribution in [0.5, 0.6) is 0 Å². The summed E-state index contributed by atoms with van der Waals surface area (Å²) in [7, 11) is -0.959. The van der Waals surface area contributed by atoms with Crippen LogP contribution in [-0.2, 0) is 11.3 Å². The highest BCUT2D eigenvalue weighted by atomic mass is 16.5. The second kappa shape index (κ2) is 5.50. The lowest BCUT2D eigenvalue weighted by atomic mass is 9.79. The highest BCUT2D eigenvalue weighted by molar-refractivity contribution is 6.61.